The third-order valence-corrected chi connectivity index (χ3v) is 5.03. The molecule has 0 radical (unpaired) electrons. The number of nitrogens with one attached hydrogen (secondary N) is 1. The molecule has 0 unspecified atom stereocenters. The van der Waals surface area contributed by atoms with Crippen molar-refractivity contribution in [3.05, 3.63) is 0 Å². The van der Waals surface area contributed by atoms with E-state index in [1.807, 2.05) is 0 Å². The van der Waals surface area contributed by atoms with Crippen molar-refractivity contribution >= 4 is 16.8 Å². The second-order valence-corrected chi connectivity index (χ2v) is 6.64. The summed E-state index contributed by atoms with van der Waals surface area (Å²) in [5.41, 5.74) is -0.000322. The lowest BCUT2D eigenvalue weighted by molar-refractivity contribution is 0.121. The Morgan fingerprint density at radius 2 is 1.95 bits per heavy atom. The Morgan fingerprint density at radius 1 is 1.25 bits per heavy atom. The van der Waals surface area contributed by atoms with Gasteiger partial charge in [-0.05, 0) is 58.3 Å². The average molecular weight is 302 g/mol. The zero-order valence-corrected chi connectivity index (χ0v) is 13.4. The van der Waals surface area contributed by atoms with E-state index in [4.69, 9.17) is 16.4 Å². The summed E-state index contributed by atoms with van der Waals surface area (Å²) in [6.45, 7) is 8.48. The van der Waals surface area contributed by atoms with Crippen molar-refractivity contribution in [2.45, 2.75) is 45.4 Å². The SMILES string of the molecule is CC1(/C(Cl)=N/OCCCN2CCCCC2)CCNCC1. The lowest BCUT2D eigenvalue weighted by atomic mass is 9.82. The maximum atomic E-state index is 6.32. The minimum atomic E-state index is -0.000322. The van der Waals surface area contributed by atoms with Gasteiger partial charge in [0.15, 0.2) is 5.17 Å². The van der Waals surface area contributed by atoms with Crippen LogP contribution in [0.15, 0.2) is 5.16 Å². The van der Waals surface area contributed by atoms with Crippen LogP contribution in [0.25, 0.3) is 0 Å². The number of piperidine rings is 2. The van der Waals surface area contributed by atoms with E-state index in [0.29, 0.717) is 11.8 Å². The molecule has 4 nitrogen and oxygen atoms in total. The number of halogens is 1. The monoisotopic (exact) mass is 301 g/mol. The Hall–Kier alpha value is -0.320. The predicted octanol–water partition coefficient (Wildman–Crippen LogP) is 2.82. The predicted molar refractivity (Wildman–Crippen MR) is 84.4 cm³/mol. The van der Waals surface area contributed by atoms with Crippen LogP contribution in [-0.2, 0) is 4.84 Å². The summed E-state index contributed by atoms with van der Waals surface area (Å²) in [5, 5.41) is 8.12. The van der Waals surface area contributed by atoms with Crippen molar-refractivity contribution in [2.24, 2.45) is 10.6 Å². The van der Waals surface area contributed by atoms with Gasteiger partial charge in [0.25, 0.3) is 0 Å². The summed E-state index contributed by atoms with van der Waals surface area (Å²) in [6.07, 6.45) is 7.18. The maximum Gasteiger partial charge on any atom is 0.151 e. The molecule has 0 bridgehead atoms. The lowest BCUT2D eigenvalue weighted by Gasteiger charge is -2.32. The third-order valence-electron chi connectivity index (χ3n) is 4.51. The van der Waals surface area contributed by atoms with E-state index in [1.54, 1.807) is 0 Å². The molecule has 0 saturated carbocycles. The molecule has 0 spiro atoms. The average Bonchev–Trinajstić information content (AvgIpc) is 2.48. The van der Waals surface area contributed by atoms with Gasteiger partial charge in [0.05, 0.1) is 0 Å². The first-order valence-corrected chi connectivity index (χ1v) is 8.37. The van der Waals surface area contributed by atoms with Crippen LogP contribution in [0.3, 0.4) is 0 Å². The van der Waals surface area contributed by atoms with E-state index in [1.165, 1.54) is 32.4 Å². The molecule has 0 aromatic carbocycles. The van der Waals surface area contributed by atoms with E-state index in [9.17, 15) is 0 Å². The van der Waals surface area contributed by atoms with Crippen molar-refractivity contribution in [1.29, 1.82) is 0 Å². The molecule has 0 aromatic heterocycles. The quantitative estimate of drug-likeness (QED) is 0.466. The molecule has 2 rings (SSSR count). The number of nitrogens with zero attached hydrogens (tertiary/aromatic N) is 2. The Labute approximate surface area is 127 Å². The number of rotatable bonds is 6. The zero-order valence-electron chi connectivity index (χ0n) is 12.7. The molecule has 0 amide bonds. The minimum Gasteiger partial charge on any atom is -0.395 e. The molecule has 2 saturated heterocycles. The van der Waals surface area contributed by atoms with Crippen molar-refractivity contribution < 1.29 is 4.84 Å². The Balaban J connectivity index is 1.62. The fraction of sp³-hybridized carbons (Fsp3) is 0.933. The molecular formula is C15H28ClN3O. The molecule has 2 aliphatic heterocycles. The lowest BCUT2D eigenvalue weighted by Crippen LogP contribution is -2.38. The van der Waals surface area contributed by atoms with E-state index in [-0.39, 0.29) is 5.41 Å². The van der Waals surface area contributed by atoms with Crippen molar-refractivity contribution in [3.8, 4) is 0 Å². The summed E-state index contributed by atoms with van der Waals surface area (Å²) >= 11 is 6.32. The topological polar surface area (TPSA) is 36.9 Å². The van der Waals surface area contributed by atoms with Gasteiger partial charge in [0.2, 0.25) is 0 Å². The van der Waals surface area contributed by atoms with Crippen LogP contribution in [0.2, 0.25) is 0 Å². The summed E-state index contributed by atoms with van der Waals surface area (Å²) in [7, 11) is 0. The highest BCUT2D eigenvalue weighted by Crippen LogP contribution is 2.31. The van der Waals surface area contributed by atoms with Crippen molar-refractivity contribution in [3.63, 3.8) is 0 Å². The minimum absolute atomic E-state index is 0.000322. The van der Waals surface area contributed by atoms with Gasteiger partial charge in [-0.1, -0.05) is 30.1 Å². The molecule has 2 heterocycles. The highest BCUT2D eigenvalue weighted by Gasteiger charge is 2.32. The van der Waals surface area contributed by atoms with Gasteiger partial charge in [0, 0.05) is 12.0 Å². The highest BCUT2D eigenvalue weighted by atomic mass is 35.5. The number of likely N-dealkylation sites (tertiary alicyclic amines) is 1. The molecule has 2 fully saturated rings. The van der Waals surface area contributed by atoms with Gasteiger partial charge in [-0.25, -0.2) is 0 Å². The molecule has 0 aliphatic carbocycles. The van der Waals surface area contributed by atoms with Crippen LogP contribution in [0.4, 0.5) is 0 Å². The molecule has 0 aromatic rings. The molecule has 116 valence electrons. The molecule has 5 heteroatoms. The summed E-state index contributed by atoms with van der Waals surface area (Å²) < 4.78 is 0. The first-order valence-electron chi connectivity index (χ1n) is 8.00. The van der Waals surface area contributed by atoms with Gasteiger partial charge in [0.1, 0.15) is 6.61 Å². The Morgan fingerprint density at radius 3 is 2.65 bits per heavy atom. The van der Waals surface area contributed by atoms with Crippen LogP contribution < -0.4 is 5.32 Å². The molecule has 0 atom stereocenters. The fourth-order valence-corrected chi connectivity index (χ4v) is 3.17. The zero-order chi connectivity index (χ0) is 14.3. The van der Waals surface area contributed by atoms with Crippen molar-refractivity contribution in [2.75, 3.05) is 39.3 Å². The number of hydrogen-bond donors (Lipinski definition) is 1. The third kappa shape index (κ3) is 4.90. The van der Waals surface area contributed by atoms with Crippen molar-refractivity contribution in [1.82, 2.24) is 10.2 Å². The first-order chi connectivity index (χ1) is 9.71. The molecule has 20 heavy (non-hydrogen) atoms. The summed E-state index contributed by atoms with van der Waals surface area (Å²) in [4.78, 5) is 7.93. The van der Waals surface area contributed by atoms with Crippen LogP contribution in [0.1, 0.15) is 45.4 Å². The smallest absolute Gasteiger partial charge is 0.151 e. The van der Waals surface area contributed by atoms with Gasteiger partial charge in [-0.3, -0.25) is 0 Å². The van der Waals surface area contributed by atoms with E-state index in [2.05, 4.69) is 22.3 Å². The van der Waals surface area contributed by atoms with Gasteiger partial charge >= 0.3 is 0 Å². The number of hydrogen-bond acceptors (Lipinski definition) is 4. The second kappa shape index (κ2) is 8.20. The van der Waals surface area contributed by atoms with E-state index < -0.39 is 0 Å². The largest absolute Gasteiger partial charge is 0.395 e. The normalized spacial score (nSPS) is 24.6. The van der Waals surface area contributed by atoms with Gasteiger partial charge < -0.3 is 15.1 Å². The Kier molecular flexibility index (Phi) is 6.59. The van der Waals surface area contributed by atoms with Gasteiger partial charge in [-0.15, -0.1) is 0 Å². The van der Waals surface area contributed by atoms with Crippen LogP contribution in [-0.4, -0.2) is 49.4 Å². The van der Waals surface area contributed by atoms with Gasteiger partial charge in [-0.2, -0.15) is 0 Å². The van der Waals surface area contributed by atoms with Crippen LogP contribution >= 0.6 is 11.6 Å². The van der Waals surface area contributed by atoms with E-state index in [0.717, 1.165) is 38.9 Å². The highest BCUT2D eigenvalue weighted by molar-refractivity contribution is 6.66. The second-order valence-electron chi connectivity index (χ2n) is 6.28. The van der Waals surface area contributed by atoms with Crippen LogP contribution in [0.5, 0.6) is 0 Å². The standard InChI is InChI=1S/C15H28ClN3O/c1-15(6-8-17-9-7-15)14(16)18-20-13-5-12-19-10-3-2-4-11-19/h17H,2-13H2,1H3/b18-14-. The fourth-order valence-electron chi connectivity index (χ4n) is 2.93. The molecular weight excluding hydrogens is 274 g/mol. The number of oxime groups is 1. The molecule has 2 aliphatic rings. The first kappa shape index (κ1) is 16.1. The Bertz CT molecular complexity index is 310. The molecule has 1 N–H and O–H groups in total. The summed E-state index contributed by atoms with van der Waals surface area (Å²) in [6, 6.07) is 0. The summed E-state index contributed by atoms with van der Waals surface area (Å²) in [5.74, 6) is 0. The van der Waals surface area contributed by atoms with Crippen LogP contribution in [0, 0.1) is 5.41 Å². The van der Waals surface area contributed by atoms with E-state index >= 15 is 0 Å². The maximum absolute atomic E-state index is 6.32.